The van der Waals surface area contributed by atoms with Gasteiger partial charge in [-0.05, 0) is 43.4 Å². The molecule has 2 aromatic carbocycles. The van der Waals surface area contributed by atoms with E-state index in [1.54, 1.807) is 6.07 Å². The number of amides is 2. The van der Waals surface area contributed by atoms with Gasteiger partial charge in [0.1, 0.15) is 5.75 Å². The summed E-state index contributed by atoms with van der Waals surface area (Å²) in [4.78, 5) is 28.0. The zero-order valence-corrected chi connectivity index (χ0v) is 17.3. The molecule has 0 spiro atoms. The summed E-state index contributed by atoms with van der Waals surface area (Å²) in [5.41, 5.74) is 3.06. The third-order valence-corrected chi connectivity index (χ3v) is 5.09. The second-order valence-electron chi connectivity index (χ2n) is 7.57. The van der Waals surface area contributed by atoms with Gasteiger partial charge in [-0.15, -0.1) is 0 Å². The molecule has 2 heterocycles. The van der Waals surface area contributed by atoms with Crippen molar-refractivity contribution in [2.24, 2.45) is 0 Å². The van der Waals surface area contributed by atoms with Gasteiger partial charge in [0.25, 0.3) is 0 Å². The summed E-state index contributed by atoms with van der Waals surface area (Å²) in [7, 11) is 0. The second kappa shape index (κ2) is 9.42. The number of benzene rings is 2. The van der Waals surface area contributed by atoms with Crippen LogP contribution in [0.2, 0.25) is 0 Å². The maximum atomic E-state index is 12.4. The molecule has 1 atom stereocenters. The number of anilines is 1. The summed E-state index contributed by atoms with van der Waals surface area (Å²) in [6.45, 7) is 1.99. The van der Waals surface area contributed by atoms with E-state index in [1.807, 2.05) is 37.3 Å². The van der Waals surface area contributed by atoms with Crippen LogP contribution < -0.4 is 15.4 Å². The van der Waals surface area contributed by atoms with Crippen LogP contribution >= 0.6 is 0 Å². The van der Waals surface area contributed by atoms with Crippen molar-refractivity contribution in [1.29, 1.82) is 0 Å². The van der Waals surface area contributed by atoms with E-state index in [1.165, 1.54) is 5.56 Å². The number of aryl methyl sites for hydroxylation is 2. The first-order valence-corrected chi connectivity index (χ1v) is 10.3. The van der Waals surface area contributed by atoms with Crippen molar-refractivity contribution in [3.05, 3.63) is 71.4 Å². The summed E-state index contributed by atoms with van der Waals surface area (Å²) in [6.07, 6.45) is 2.88. The number of fused-ring (bicyclic) bond motifs is 1. The van der Waals surface area contributed by atoms with Gasteiger partial charge in [0.2, 0.25) is 11.7 Å². The summed E-state index contributed by atoms with van der Waals surface area (Å²) in [6, 6.07) is 15.6. The first-order chi connectivity index (χ1) is 15.1. The molecule has 2 amide bonds. The van der Waals surface area contributed by atoms with Crippen LogP contribution in [0.3, 0.4) is 0 Å². The Bertz CT molecular complexity index is 1060. The van der Waals surface area contributed by atoms with Crippen LogP contribution in [0, 0.1) is 0 Å². The van der Waals surface area contributed by atoms with Gasteiger partial charge in [-0.25, -0.2) is 0 Å². The third-order valence-electron chi connectivity index (χ3n) is 5.09. The van der Waals surface area contributed by atoms with Gasteiger partial charge in [-0.3, -0.25) is 9.59 Å². The van der Waals surface area contributed by atoms with E-state index in [4.69, 9.17) is 9.26 Å². The maximum absolute atomic E-state index is 12.4. The van der Waals surface area contributed by atoms with Crippen molar-refractivity contribution in [2.45, 2.75) is 45.3 Å². The zero-order chi connectivity index (χ0) is 21.6. The SMILES string of the molecule is C[C@@H](CCc1ccccc1)NC(=O)c1nc(COc2ccc3c(c2)NC(=O)CC3)no1. The molecule has 0 bridgehead atoms. The number of carbonyl (C=O) groups excluding carboxylic acids is 2. The van der Waals surface area contributed by atoms with E-state index in [-0.39, 0.29) is 30.3 Å². The Labute approximate surface area is 180 Å². The van der Waals surface area contributed by atoms with Crippen molar-refractivity contribution in [3.8, 4) is 5.75 Å². The summed E-state index contributed by atoms with van der Waals surface area (Å²) >= 11 is 0. The lowest BCUT2D eigenvalue weighted by Crippen LogP contribution is -2.33. The highest BCUT2D eigenvalue weighted by molar-refractivity contribution is 5.94. The van der Waals surface area contributed by atoms with Gasteiger partial charge in [0.15, 0.2) is 6.61 Å². The minimum absolute atomic E-state index is 0.00327. The van der Waals surface area contributed by atoms with Crippen LogP contribution in [-0.4, -0.2) is 28.0 Å². The van der Waals surface area contributed by atoms with E-state index in [0.717, 1.165) is 24.1 Å². The molecule has 1 aromatic heterocycles. The molecule has 8 heteroatoms. The van der Waals surface area contributed by atoms with E-state index in [9.17, 15) is 9.59 Å². The van der Waals surface area contributed by atoms with Gasteiger partial charge in [0, 0.05) is 24.2 Å². The molecular formula is C23H24N4O4. The number of carbonyl (C=O) groups is 2. The average Bonchev–Trinajstić information content (AvgIpc) is 3.26. The number of nitrogens with zero attached hydrogens (tertiary/aromatic N) is 2. The largest absolute Gasteiger partial charge is 0.485 e. The van der Waals surface area contributed by atoms with Crippen LogP contribution in [0.25, 0.3) is 0 Å². The van der Waals surface area contributed by atoms with Crippen LogP contribution in [0.1, 0.15) is 47.4 Å². The van der Waals surface area contributed by atoms with Crippen molar-refractivity contribution in [3.63, 3.8) is 0 Å². The van der Waals surface area contributed by atoms with Crippen molar-refractivity contribution < 1.29 is 18.8 Å². The minimum atomic E-state index is -0.407. The van der Waals surface area contributed by atoms with Crippen LogP contribution in [0.4, 0.5) is 5.69 Å². The highest BCUT2D eigenvalue weighted by Gasteiger charge is 2.18. The maximum Gasteiger partial charge on any atom is 0.316 e. The molecule has 3 aromatic rings. The molecule has 8 nitrogen and oxygen atoms in total. The fraction of sp³-hybridized carbons (Fsp3) is 0.304. The predicted molar refractivity (Wildman–Crippen MR) is 114 cm³/mol. The zero-order valence-electron chi connectivity index (χ0n) is 17.3. The smallest absolute Gasteiger partial charge is 0.316 e. The molecule has 31 heavy (non-hydrogen) atoms. The van der Waals surface area contributed by atoms with E-state index >= 15 is 0 Å². The number of ether oxygens (including phenoxy) is 1. The summed E-state index contributed by atoms with van der Waals surface area (Å²) in [5, 5.41) is 9.52. The van der Waals surface area contributed by atoms with E-state index in [2.05, 4.69) is 32.9 Å². The lowest BCUT2D eigenvalue weighted by Gasteiger charge is -2.17. The van der Waals surface area contributed by atoms with Gasteiger partial charge in [0.05, 0.1) is 0 Å². The number of nitrogens with one attached hydrogen (secondary N) is 2. The Hall–Kier alpha value is -3.68. The molecule has 1 aliphatic rings. The van der Waals surface area contributed by atoms with Crippen molar-refractivity contribution >= 4 is 17.5 Å². The van der Waals surface area contributed by atoms with E-state index < -0.39 is 5.91 Å². The molecule has 2 N–H and O–H groups in total. The Balaban J connectivity index is 1.27. The standard InChI is InChI=1S/C23H24N4O4/c1-15(7-8-16-5-3-2-4-6-16)24-22(29)23-26-20(27-31-23)14-30-18-11-9-17-10-12-21(28)25-19(17)13-18/h2-6,9,11,13,15H,7-8,10,12,14H2,1H3,(H,24,29)(H,25,28)/t15-/m0/s1. The highest BCUT2D eigenvalue weighted by atomic mass is 16.5. The third kappa shape index (κ3) is 5.48. The molecule has 0 aliphatic carbocycles. The molecule has 4 rings (SSSR count). The van der Waals surface area contributed by atoms with Crippen LogP contribution in [0.15, 0.2) is 53.1 Å². The Morgan fingerprint density at radius 2 is 2.06 bits per heavy atom. The summed E-state index contributed by atoms with van der Waals surface area (Å²) in [5.74, 6) is 0.338. The van der Waals surface area contributed by atoms with Gasteiger partial charge in [-0.2, -0.15) is 4.98 Å². The Morgan fingerprint density at radius 1 is 1.23 bits per heavy atom. The van der Waals surface area contributed by atoms with E-state index in [0.29, 0.717) is 18.6 Å². The predicted octanol–water partition coefficient (Wildman–Crippen LogP) is 3.28. The number of hydrogen-bond donors (Lipinski definition) is 2. The number of hydrogen-bond acceptors (Lipinski definition) is 6. The van der Waals surface area contributed by atoms with Crippen LogP contribution in [0.5, 0.6) is 5.75 Å². The molecule has 1 aliphatic heterocycles. The summed E-state index contributed by atoms with van der Waals surface area (Å²) < 4.78 is 10.8. The lowest BCUT2D eigenvalue weighted by atomic mass is 10.0. The lowest BCUT2D eigenvalue weighted by molar-refractivity contribution is -0.116. The Morgan fingerprint density at radius 3 is 2.90 bits per heavy atom. The number of rotatable bonds is 8. The molecule has 0 radical (unpaired) electrons. The normalized spacial score (nSPS) is 13.8. The minimum Gasteiger partial charge on any atom is -0.485 e. The molecule has 0 unspecified atom stereocenters. The van der Waals surface area contributed by atoms with Gasteiger partial charge >= 0.3 is 11.8 Å². The molecule has 0 fully saturated rings. The van der Waals surface area contributed by atoms with Crippen LogP contribution in [-0.2, 0) is 24.2 Å². The molecule has 0 saturated carbocycles. The average molecular weight is 420 g/mol. The van der Waals surface area contributed by atoms with Crippen molar-refractivity contribution in [1.82, 2.24) is 15.5 Å². The Kier molecular flexibility index (Phi) is 6.26. The monoisotopic (exact) mass is 420 g/mol. The molecular weight excluding hydrogens is 396 g/mol. The second-order valence-corrected chi connectivity index (χ2v) is 7.57. The highest BCUT2D eigenvalue weighted by Crippen LogP contribution is 2.27. The first-order valence-electron chi connectivity index (χ1n) is 10.3. The van der Waals surface area contributed by atoms with Gasteiger partial charge in [-0.1, -0.05) is 41.6 Å². The topological polar surface area (TPSA) is 106 Å². The fourth-order valence-corrected chi connectivity index (χ4v) is 3.38. The number of aromatic nitrogens is 2. The fourth-order valence-electron chi connectivity index (χ4n) is 3.38. The first kappa shape index (κ1) is 20.6. The molecule has 0 saturated heterocycles. The quantitative estimate of drug-likeness (QED) is 0.579. The van der Waals surface area contributed by atoms with Gasteiger partial charge < -0.3 is 19.9 Å². The molecule has 160 valence electrons. The van der Waals surface area contributed by atoms with Crippen molar-refractivity contribution in [2.75, 3.05) is 5.32 Å².